The van der Waals surface area contributed by atoms with Crippen molar-refractivity contribution in [2.24, 2.45) is 5.92 Å². The van der Waals surface area contributed by atoms with Crippen LogP contribution in [0.25, 0.3) is 0 Å². The number of anilines is 1. The first kappa shape index (κ1) is 26.9. The highest BCUT2D eigenvalue weighted by atomic mass is 32.2. The molecular formula is C26H31N5O4S. The van der Waals surface area contributed by atoms with Gasteiger partial charge in [0.2, 0.25) is 5.91 Å². The highest BCUT2D eigenvalue weighted by Crippen LogP contribution is 2.26. The molecule has 0 saturated heterocycles. The molecule has 2 aromatic carbocycles. The predicted molar refractivity (Wildman–Crippen MR) is 139 cm³/mol. The van der Waals surface area contributed by atoms with Crippen LogP contribution >= 0.6 is 11.8 Å². The van der Waals surface area contributed by atoms with E-state index in [1.54, 1.807) is 36.4 Å². The van der Waals surface area contributed by atoms with Crippen molar-refractivity contribution < 1.29 is 19.1 Å². The van der Waals surface area contributed by atoms with Crippen molar-refractivity contribution in [2.75, 3.05) is 18.2 Å². The van der Waals surface area contributed by atoms with Crippen molar-refractivity contribution in [1.29, 1.82) is 0 Å². The molecule has 10 heteroatoms. The molecule has 0 aliphatic heterocycles. The first-order chi connectivity index (χ1) is 17.2. The van der Waals surface area contributed by atoms with Gasteiger partial charge in [-0.2, -0.15) is 0 Å². The molecule has 0 radical (unpaired) electrons. The average Bonchev–Trinajstić information content (AvgIpc) is 3.28. The highest BCUT2D eigenvalue weighted by Gasteiger charge is 2.26. The second-order valence-corrected chi connectivity index (χ2v) is 9.49. The smallest absolute Gasteiger partial charge is 0.337 e. The van der Waals surface area contributed by atoms with Gasteiger partial charge < -0.3 is 19.9 Å². The third-order valence-corrected chi connectivity index (χ3v) is 6.50. The third kappa shape index (κ3) is 6.72. The zero-order valence-corrected chi connectivity index (χ0v) is 21.9. The minimum Gasteiger partial charge on any atom is -0.465 e. The van der Waals surface area contributed by atoms with Crippen LogP contribution in [0.2, 0.25) is 0 Å². The Bertz CT molecular complexity index is 1210. The number of methoxy groups -OCH3 is 1. The van der Waals surface area contributed by atoms with E-state index >= 15 is 0 Å². The van der Waals surface area contributed by atoms with Crippen LogP contribution in [0.3, 0.4) is 0 Å². The summed E-state index contributed by atoms with van der Waals surface area (Å²) in [5.41, 5.74) is 2.65. The summed E-state index contributed by atoms with van der Waals surface area (Å²) in [4.78, 5) is 36.9. The van der Waals surface area contributed by atoms with Gasteiger partial charge >= 0.3 is 5.97 Å². The molecule has 9 nitrogen and oxygen atoms in total. The van der Waals surface area contributed by atoms with E-state index in [0.29, 0.717) is 34.3 Å². The summed E-state index contributed by atoms with van der Waals surface area (Å²) < 4.78 is 6.60. The van der Waals surface area contributed by atoms with E-state index in [1.165, 1.54) is 18.9 Å². The van der Waals surface area contributed by atoms with Crippen LogP contribution < -0.4 is 10.6 Å². The number of nitrogens with one attached hydrogen (secondary N) is 2. The van der Waals surface area contributed by atoms with Crippen LogP contribution in [0.15, 0.2) is 53.7 Å². The minimum absolute atomic E-state index is 0.0722. The molecule has 0 spiro atoms. The summed E-state index contributed by atoms with van der Waals surface area (Å²) in [5, 5.41) is 15.1. The molecular weight excluding hydrogens is 478 g/mol. The Morgan fingerprint density at radius 3 is 2.22 bits per heavy atom. The number of aryl methyl sites for hydroxylation is 1. The van der Waals surface area contributed by atoms with E-state index < -0.39 is 5.97 Å². The van der Waals surface area contributed by atoms with Gasteiger partial charge in [-0.25, -0.2) is 4.79 Å². The lowest BCUT2D eigenvalue weighted by molar-refractivity contribution is -0.113. The first-order valence-corrected chi connectivity index (χ1v) is 12.6. The van der Waals surface area contributed by atoms with E-state index in [9.17, 15) is 14.4 Å². The van der Waals surface area contributed by atoms with Gasteiger partial charge in [0.05, 0.1) is 24.5 Å². The number of rotatable bonds is 10. The number of aromatic nitrogens is 3. The monoisotopic (exact) mass is 509 g/mol. The third-order valence-electron chi connectivity index (χ3n) is 5.53. The van der Waals surface area contributed by atoms with Gasteiger partial charge in [-0.3, -0.25) is 9.59 Å². The first-order valence-electron chi connectivity index (χ1n) is 11.6. The van der Waals surface area contributed by atoms with Crippen LogP contribution in [0.1, 0.15) is 58.9 Å². The summed E-state index contributed by atoms with van der Waals surface area (Å²) in [5.74, 6) is 0.0151. The van der Waals surface area contributed by atoms with Crippen molar-refractivity contribution >= 4 is 35.2 Å². The molecule has 1 aromatic heterocycles. The molecule has 1 atom stereocenters. The zero-order valence-electron chi connectivity index (χ0n) is 21.1. The summed E-state index contributed by atoms with van der Waals surface area (Å²) in [6, 6.07) is 13.5. The van der Waals surface area contributed by atoms with Crippen LogP contribution in [0.5, 0.6) is 0 Å². The fraction of sp³-hybridized carbons (Fsp3) is 0.346. The van der Waals surface area contributed by atoms with Crippen LogP contribution in [0.4, 0.5) is 5.69 Å². The van der Waals surface area contributed by atoms with Crippen LogP contribution in [-0.4, -0.2) is 45.4 Å². The maximum absolute atomic E-state index is 12.9. The Morgan fingerprint density at radius 2 is 1.64 bits per heavy atom. The lowest BCUT2D eigenvalue weighted by Crippen LogP contribution is -2.33. The van der Waals surface area contributed by atoms with Crippen molar-refractivity contribution in [3.05, 3.63) is 71.0 Å². The standard InChI is InChI=1S/C26H31N5O4S/c1-6-31-23(22(16(2)3)28-24(33)18-9-7-17(4)8-10-18)29-30-26(31)36-15-21(32)27-20-13-11-19(12-14-20)25(34)35-5/h7-14,16,22H,6,15H2,1-5H3,(H,27,32)(H,28,33)/t22-/m0/s1. The molecule has 2 amide bonds. The second kappa shape index (κ2) is 12.3. The fourth-order valence-electron chi connectivity index (χ4n) is 3.53. The average molecular weight is 510 g/mol. The second-order valence-electron chi connectivity index (χ2n) is 8.55. The molecule has 190 valence electrons. The quantitative estimate of drug-likeness (QED) is 0.310. The maximum atomic E-state index is 12.9. The lowest BCUT2D eigenvalue weighted by atomic mass is 10.0. The molecule has 0 fully saturated rings. The largest absolute Gasteiger partial charge is 0.465 e. The van der Waals surface area contributed by atoms with E-state index in [-0.39, 0.29) is 29.5 Å². The summed E-state index contributed by atoms with van der Waals surface area (Å²) in [6.45, 7) is 8.56. The van der Waals surface area contributed by atoms with Crippen LogP contribution in [-0.2, 0) is 16.1 Å². The number of thioether (sulfide) groups is 1. The number of amides is 2. The van der Waals surface area contributed by atoms with E-state index in [0.717, 1.165) is 5.56 Å². The molecule has 3 aromatic rings. The SMILES string of the molecule is CCn1c(SCC(=O)Nc2ccc(C(=O)OC)cc2)nnc1[C@@H](NC(=O)c1ccc(C)cc1)C(C)C. The molecule has 3 rings (SSSR count). The van der Waals surface area contributed by atoms with E-state index in [4.69, 9.17) is 0 Å². The molecule has 0 saturated carbocycles. The van der Waals surface area contributed by atoms with Crippen molar-refractivity contribution in [3.63, 3.8) is 0 Å². The summed E-state index contributed by atoms with van der Waals surface area (Å²) in [7, 11) is 1.32. The number of ether oxygens (including phenoxy) is 1. The number of carbonyl (C=O) groups excluding carboxylic acids is 3. The molecule has 0 aliphatic carbocycles. The Kier molecular flexibility index (Phi) is 9.24. The Labute approximate surface area is 215 Å². The van der Waals surface area contributed by atoms with Gasteiger partial charge in [0.1, 0.15) is 0 Å². The molecule has 0 bridgehead atoms. The predicted octanol–water partition coefficient (Wildman–Crippen LogP) is 4.25. The molecule has 1 heterocycles. The summed E-state index contributed by atoms with van der Waals surface area (Å²) in [6.07, 6.45) is 0. The van der Waals surface area contributed by atoms with Gasteiger partial charge in [-0.1, -0.05) is 43.3 Å². The number of esters is 1. The van der Waals surface area contributed by atoms with E-state index in [2.05, 4.69) is 25.6 Å². The Hall–Kier alpha value is -3.66. The zero-order chi connectivity index (χ0) is 26.2. The number of carbonyl (C=O) groups is 3. The lowest BCUT2D eigenvalue weighted by Gasteiger charge is -2.22. The van der Waals surface area contributed by atoms with Gasteiger partial charge in [0.15, 0.2) is 11.0 Å². The number of hydrogen-bond donors (Lipinski definition) is 2. The molecule has 2 N–H and O–H groups in total. The van der Waals surface area contributed by atoms with Gasteiger partial charge in [0.25, 0.3) is 5.91 Å². The summed E-state index contributed by atoms with van der Waals surface area (Å²) >= 11 is 1.27. The van der Waals surface area contributed by atoms with Gasteiger partial charge in [-0.05, 0) is 56.2 Å². The van der Waals surface area contributed by atoms with E-state index in [1.807, 2.05) is 44.4 Å². The van der Waals surface area contributed by atoms with Crippen molar-refractivity contribution in [2.45, 2.75) is 45.4 Å². The minimum atomic E-state index is -0.437. The Balaban J connectivity index is 1.66. The Morgan fingerprint density at radius 1 is 1.00 bits per heavy atom. The molecule has 0 aliphatic rings. The topological polar surface area (TPSA) is 115 Å². The van der Waals surface area contributed by atoms with Crippen LogP contribution in [0, 0.1) is 12.8 Å². The van der Waals surface area contributed by atoms with Gasteiger partial charge in [0, 0.05) is 17.8 Å². The number of hydrogen-bond acceptors (Lipinski definition) is 7. The maximum Gasteiger partial charge on any atom is 0.337 e. The highest BCUT2D eigenvalue weighted by molar-refractivity contribution is 7.99. The molecule has 0 unspecified atom stereocenters. The van der Waals surface area contributed by atoms with Crippen molar-refractivity contribution in [3.8, 4) is 0 Å². The number of benzene rings is 2. The molecule has 36 heavy (non-hydrogen) atoms. The fourth-order valence-corrected chi connectivity index (χ4v) is 4.34. The number of nitrogens with zero attached hydrogens (tertiary/aromatic N) is 3. The van der Waals surface area contributed by atoms with Crippen molar-refractivity contribution in [1.82, 2.24) is 20.1 Å². The normalized spacial score (nSPS) is 11.7. The van der Waals surface area contributed by atoms with Gasteiger partial charge in [-0.15, -0.1) is 10.2 Å².